The molecule has 0 aliphatic carbocycles. The van der Waals surface area contributed by atoms with E-state index in [1.165, 1.54) is 43.6 Å². The van der Waals surface area contributed by atoms with Gasteiger partial charge in [-0.05, 0) is 74.3 Å². The van der Waals surface area contributed by atoms with E-state index in [1.54, 1.807) is 0 Å². The van der Waals surface area contributed by atoms with Gasteiger partial charge in [0.1, 0.15) is 0 Å². The van der Waals surface area contributed by atoms with Crippen LogP contribution in [-0.2, 0) is 0 Å². The third-order valence-electron chi connectivity index (χ3n) is 4.54. The lowest BCUT2D eigenvalue weighted by atomic mass is 10.1. The molecule has 0 aromatic heterocycles. The molecular weight excluding hydrogens is 350 g/mol. The molecule has 3 nitrogen and oxygen atoms in total. The first-order chi connectivity index (χ1) is 12.1. The highest BCUT2D eigenvalue weighted by molar-refractivity contribution is 7.80. The SMILES string of the molecule is C[C@H](NC(=S)Nc1cccc(Cl)c1)c1ccc(N2CCCCC2)cc1. The zero-order valence-electron chi connectivity index (χ0n) is 14.5. The lowest BCUT2D eigenvalue weighted by molar-refractivity contribution is 0.577. The summed E-state index contributed by atoms with van der Waals surface area (Å²) in [6.45, 7) is 4.45. The number of hydrogen-bond donors (Lipinski definition) is 2. The van der Waals surface area contributed by atoms with Crippen LogP contribution in [0.25, 0.3) is 0 Å². The van der Waals surface area contributed by atoms with E-state index in [1.807, 2.05) is 24.3 Å². The van der Waals surface area contributed by atoms with Gasteiger partial charge >= 0.3 is 0 Å². The molecule has 0 spiro atoms. The molecule has 0 unspecified atom stereocenters. The fourth-order valence-electron chi connectivity index (χ4n) is 3.14. The first-order valence-corrected chi connectivity index (χ1v) is 9.58. The van der Waals surface area contributed by atoms with Crippen molar-refractivity contribution in [3.63, 3.8) is 0 Å². The summed E-state index contributed by atoms with van der Waals surface area (Å²) in [6, 6.07) is 16.5. The molecule has 1 atom stereocenters. The Morgan fingerprint density at radius 3 is 2.48 bits per heavy atom. The molecule has 0 radical (unpaired) electrons. The molecule has 25 heavy (non-hydrogen) atoms. The normalized spacial score (nSPS) is 15.5. The van der Waals surface area contributed by atoms with Gasteiger partial charge in [0.15, 0.2) is 5.11 Å². The van der Waals surface area contributed by atoms with Crippen molar-refractivity contribution in [1.82, 2.24) is 5.32 Å². The third kappa shape index (κ3) is 5.10. The molecule has 1 heterocycles. The van der Waals surface area contributed by atoms with Crippen LogP contribution in [0.2, 0.25) is 5.02 Å². The Labute approximate surface area is 160 Å². The van der Waals surface area contributed by atoms with Crippen molar-refractivity contribution in [3.05, 3.63) is 59.1 Å². The highest BCUT2D eigenvalue weighted by Crippen LogP contribution is 2.22. The van der Waals surface area contributed by atoms with Gasteiger partial charge in [0.05, 0.1) is 6.04 Å². The predicted molar refractivity (Wildman–Crippen MR) is 112 cm³/mol. The Hall–Kier alpha value is -1.78. The van der Waals surface area contributed by atoms with Crippen LogP contribution in [0.4, 0.5) is 11.4 Å². The minimum absolute atomic E-state index is 0.134. The highest BCUT2D eigenvalue weighted by atomic mass is 35.5. The summed E-state index contributed by atoms with van der Waals surface area (Å²) < 4.78 is 0. The van der Waals surface area contributed by atoms with Gasteiger partial charge in [-0.15, -0.1) is 0 Å². The number of piperidine rings is 1. The zero-order chi connectivity index (χ0) is 17.6. The average Bonchev–Trinajstić information content (AvgIpc) is 2.62. The van der Waals surface area contributed by atoms with Crippen LogP contribution in [0.15, 0.2) is 48.5 Å². The smallest absolute Gasteiger partial charge is 0.171 e. The van der Waals surface area contributed by atoms with Gasteiger partial charge in [-0.2, -0.15) is 0 Å². The summed E-state index contributed by atoms with van der Waals surface area (Å²) in [4.78, 5) is 2.47. The Balaban J connectivity index is 1.57. The molecule has 3 rings (SSSR count). The van der Waals surface area contributed by atoms with Crippen LogP contribution in [0.5, 0.6) is 0 Å². The van der Waals surface area contributed by atoms with Crippen molar-refractivity contribution in [3.8, 4) is 0 Å². The van der Waals surface area contributed by atoms with E-state index < -0.39 is 0 Å². The van der Waals surface area contributed by atoms with E-state index in [9.17, 15) is 0 Å². The Bertz CT molecular complexity index is 711. The summed E-state index contributed by atoms with van der Waals surface area (Å²) in [6.07, 6.45) is 3.94. The van der Waals surface area contributed by atoms with Crippen molar-refractivity contribution in [2.45, 2.75) is 32.2 Å². The van der Waals surface area contributed by atoms with Crippen LogP contribution in [0.3, 0.4) is 0 Å². The number of rotatable bonds is 4. The van der Waals surface area contributed by atoms with Gasteiger partial charge in [-0.25, -0.2) is 0 Å². The van der Waals surface area contributed by atoms with Crippen molar-refractivity contribution >= 4 is 40.3 Å². The fourth-order valence-corrected chi connectivity index (χ4v) is 3.62. The van der Waals surface area contributed by atoms with Crippen molar-refractivity contribution < 1.29 is 0 Å². The number of benzene rings is 2. The second-order valence-corrected chi connectivity index (χ2v) is 7.31. The number of anilines is 2. The molecule has 5 heteroatoms. The molecule has 1 saturated heterocycles. The monoisotopic (exact) mass is 373 g/mol. The van der Waals surface area contributed by atoms with Gasteiger partial charge in [0.2, 0.25) is 0 Å². The molecule has 1 fully saturated rings. The second-order valence-electron chi connectivity index (χ2n) is 6.47. The summed E-state index contributed by atoms with van der Waals surface area (Å²) in [5.41, 5.74) is 3.42. The molecule has 132 valence electrons. The molecule has 1 aliphatic rings. The molecule has 2 aromatic carbocycles. The molecular formula is C20H24ClN3S. The first-order valence-electron chi connectivity index (χ1n) is 8.80. The Kier molecular flexibility index (Phi) is 6.16. The summed E-state index contributed by atoms with van der Waals surface area (Å²) >= 11 is 11.4. The lowest BCUT2D eigenvalue weighted by Crippen LogP contribution is -2.31. The van der Waals surface area contributed by atoms with Gasteiger partial charge in [0.25, 0.3) is 0 Å². The highest BCUT2D eigenvalue weighted by Gasteiger charge is 2.12. The van der Waals surface area contributed by atoms with Crippen LogP contribution >= 0.6 is 23.8 Å². The fraction of sp³-hybridized carbons (Fsp3) is 0.350. The number of thiocarbonyl (C=S) groups is 1. The van der Waals surface area contributed by atoms with Gasteiger partial charge < -0.3 is 15.5 Å². The van der Waals surface area contributed by atoms with Crippen LogP contribution in [0, 0.1) is 0 Å². The largest absolute Gasteiger partial charge is 0.372 e. The maximum atomic E-state index is 6.00. The average molecular weight is 374 g/mol. The first kappa shape index (κ1) is 18.0. The Morgan fingerprint density at radius 2 is 1.80 bits per heavy atom. The van der Waals surface area contributed by atoms with E-state index in [0.29, 0.717) is 10.1 Å². The number of nitrogens with zero attached hydrogens (tertiary/aromatic N) is 1. The summed E-state index contributed by atoms with van der Waals surface area (Å²) in [7, 11) is 0. The zero-order valence-corrected chi connectivity index (χ0v) is 16.0. The topological polar surface area (TPSA) is 27.3 Å². The van der Waals surface area contributed by atoms with E-state index in [4.69, 9.17) is 23.8 Å². The molecule has 0 bridgehead atoms. The van der Waals surface area contributed by atoms with E-state index in [0.717, 1.165) is 5.69 Å². The van der Waals surface area contributed by atoms with E-state index in [2.05, 4.69) is 46.7 Å². The van der Waals surface area contributed by atoms with Crippen molar-refractivity contribution in [2.75, 3.05) is 23.3 Å². The Morgan fingerprint density at radius 1 is 1.08 bits per heavy atom. The summed E-state index contributed by atoms with van der Waals surface area (Å²) in [5, 5.41) is 7.78. The number of halogens is 1. The summed E-state index contributed by atoms with van der Waals surface area (Å²) in [5.74, 6) is 0. The predicted octanol–water partition coefficient (Wildman–Crippen LogP) is 5.38. The minimum Gasteiger partial charge on any atom is -0.372 e. The van der Waals surface area contributed by atoms with E-state index >= 15 is 0 Å². The third-order valence-corrected chi connectivity index (χ3v) is 5.00. The maximum Gasteiger partial charge on any atom is 0.171 e. The quantitative estimate of drug-likeness (QED) is 0.704. The molecule has 1 aliphatic heterocycles. The minimum atomic E-state index is 0.134. The van der Waals surface area contributed by atoms with Gasteiger partial charge in [-0.3, -0.25) is 0 Å². The van der Waals surface area contributed by atoms with Crippen molar-refractivity contribution in [1.29, 1.82) is 0 Å². The molecule has 2 N–H and O–H groups in total. The second kappa shape index (κ2) is 8.54. The lowest BCUT2D eigenvalue weighted by Gasteiger charge is -2.29. The maximum absolute atomic E-state index is 6.00. The van der Waals surface area contributed by atoms with Gasteiger partial charge in [0, 0.05) is 29.5 Å². The van der Waals surface area contributed by atoms with Gasteiger partial charge in [-0.1, -0.05) is 29.8 Å². The van der Waals surface area contributed by atoms with Crippen LogP contribution in [0.1, 0.15) is 37.8 Å². The van der Waals surface area contributed by atoms with Crippen LogP contribution in [-0.4, -0.2) is 18.2 Å². The standard InChI is InChI=1S/C20H24ClN3S/c1-15(22-20(25)23-18-7-5-6-17(21)14-18)16-8-10-19(11-9-16)24-12-3-2-4-13-24/h5-11,14-15H,2-4,12-13H2,1H3,(H2,22,23,25)/t15-/m0/s1. The molecule has 2 aromatic rings. The number of nitrogens with one attached hydrogen (secondary N) is 2. The molecule has 0 saturated carbocycles. The number of hydrogen-bond acceptors (Lipinski definition) is 2. The van der Waals surface area contributed by atoms with Crippen LogP contribution < -0.4 is 15.5 Å². The van der Waals surface area contributed by atoms with E-state index in [-0.39, 0.29) is 6.04 Å². The van der Waals surface area contributed by atoms with Crippen molar-refractivity contribution in [2.24, 2.45) is 0 Å². The molecule has 0 amide bonds.